The minimum atomic E-state index is -2.22. The van der Waals surface area contributed by atoms with Gasteiger partial charge in [-0.05, 0) is 54.4 Å². The maximum absolute atomic E-state index is 14.7. The van der Waals surface area contributed by atoms with Crippen molar-refractivity contribution in [3.05, 3.63) is 114 Å². The number of hydrogen-bond donors (Lipinski definition) is 13. The number of aliphatic hydroxyl groups is 6. The quantitative estimate of drug-likeness (QED) is 0.0128. The molecule has 3 aliphatic heterocycles. The molecule has 0 bridgehead atoms. The third-order valence-corrected chi connectivity index (χ3v) is 16.4. The molecule has 3 fully saturated rings. The van der Waals surface area contributed by atoms with E-state index in [0.717, 1.165) is 45.7 Å². The van der Waals surface area contributed by atoms with Gasteiger partial charge < -0.3 is 92.0 Å². The van der Waals surface area contributed by atoms with Gasteiger partial charge in [-0.3, -0.25) is 43.4 Å². The van der Waals surface area contributed by atoms with Crippen molar-refractivity contribution in [1.29, 1.82) is 0 Å². The van der Waals surface area contributed by atoms with E-state index in [1.807, 2.05) is 54.6 Å². The zero-order chi connectivity index (χ0) is 64.2. The average molecular weight is 1300 g/mol. The summed E-state index contributed by atoms with van der Waals surface area (Å²) in [4.78, 5) is 115. The number of nitrogens with one attached hydrogen (secondary N) is 5. The molecule has 0 spiro atoms. The third kappa shape index (κ3) is 17.7. The second-order valence-electron chi connectivity index (χ2n) is 21.5. The van der Waals surface area contributed by atoms with Gasteiger partial charge in [0.15, 0.2) is 11.5 Å². The van der Waals surface area contributed by atoms with E-state index in [-0.39, 0.29) is 58.8 Å². The zero-order valence-electron chi connectivity index (χ0n) is 48.5. The fourth-order valence-corrected chi connectivity index (χ4v) is 11.4. The van der Waals surface area contributed by atoms with Gasteiger partial charge in [0.1, 0.15) is 58.6 Å². The largest absolute Gasteiger partial charge is 1.00 e. The number of primary amides is 1. The van der Waals surface area contributed by atoms with Crippen molar-refractivity contribution < 1.29 is 127 Å². The number of aliphatic hydroxyl groups excluding tert-OH is 6. The molecular formula is C57H65N10NaO20S2. The number of amides is 8. The van der Waals surface area contributed by atoms with Gasteiger partial charge in [-0.15, -0.1) is 14.5 Å². The molecule has 0 saturated carbocycles. The van der Waals surface area contributed by atoms with Crippen molar-refractivity contribution in [2.75, 3.05) is 19.6 Å². The smallest absolute Gasteiger partial charge is 0.691 e. The maximum Gasteiger partial charge on any atom is 1.00 e. The van der Waals surface area contributed by atoms with Crippen LogP contribution < -0.4 is 76.1 Å². The molecule has 30 nitrogen and oxygen atoms in total. The Labute approximate surface area is 544 Å². The first-order valence-corrected chi connectivity index (χ1v) is 29.3. The summed E-state index contributed by atoms with van der Waals surface area (Å²) in [7, 11) is 0. The number of rotatable bonds is 18. The van der Waals surface area contributed by atoms with Crippen LogP contribution in [0.2, 0.25) is 0 Å². The van der Waals surface area contributed by atoms with Gasteiger partial charge in [-0.1, -0.05) is 78.9 Å². The van der Waals surface area contributed by atoms with E-state index < -0.39 is 177 Å². The Morgan fingerprint density at radius 3 is 2.03 bits per heavy atom. The molecule has 4 aromatic carbocycles. The second kappa shape index (κ2) is 32.0. The summed E-state index contributed by atoms with van der Waals surface area (Å²) >= 11 is 1.27. The minimum absolute atomic E-state index is 0. The van der Waals surface area contributed by atoms with Crippen LogP contribution in [-0.2, 0) is 56.0 Å². The fraction of sp³-hybridized carbons (Fsp3) is 0.404. The number of nitrogens with zero attached hydrogens (tertiary/aromatic N) is 4. The zero-order valence-corrected chi connectivity index (χ0v) is 52.2. The Bertz CT molecular complexity index is 3340. The molecule has 0 aliphatic carbocycles. The van der Waals surface area contributed by atoms with Gasteiger partial charge >= 0.3 is 29.6 Å². The number of hydrogen-bond acceptors (Lipinski definition) is 24. The SMILES string of the molecule is CC(O)C1NC(=O)C(NC(=O)c2ccc(-c3nnc(-c4ccc(COc5ccccc5)cc4)s3)cc2)CC(O)CNC(=O)C2C(O)C(C)CN2C(=O)C(C(O)CC(N)=O)NC(=O)C(C(O)Cc2ccc(O)c(OSOO[O-])c2)NC(=O)C2CC(O)CN2C1=O.[Na+]. The molecule has 4 heterocycles. The third-order valence-electron chi connectivity index (χ3n) is 15.0. The molecule has 1 aromatic heterocycles. The van der Waals surface area contributed by atoms with Gasteiger partial charge in [0, 0.05) is 61.5 Å². The predicted octanol–water partition coefficient (Wildman–Crippen LogP) is -5.85. The number of β-amino-alcohol motifs (C(OH)–C–C–N with tert-alkyl or cyclic N) is 1. The minimum Gasteiger partial charge on any atom is -0.691 e. The molecule has 8 rings (SSSR count). The molecule has 13 unspecified atom stereocenters. The van der Waals surface area contributed by atoms with Crippen LogP contribution in [0.25, 0.3) is 21.1 Å². The number of phenols is 1. The second-order valence-corrected chi connectivity index (χ2v) is 23.0. The monoisotopic (exact) mass is 1300 g/mol. The summed E-state index contributed by atoms with van der Waals surface area (Å²) in [5.74, 6) is -10.5. The topological polar surface area (TPSA) is 457 Å². The molecule has 3 aliphatic rings. The molecule has 0 radical (unpaired) electrons. The van der Waals surface area contributed by atoms with Crippen LogP contribution in [0.3, 0.4) is 0 Å². The molecule has 5 aromatic rings. The molecule has 13 atom stereocenters. The van der Waals surface area contributed by atoms with Crippen molar-refractivity contribution >= 4 is 70.9 Å². The summed E-state index contributed by atoms with van der Waals surface area (Å²) in [6.45, 7) is 1.18. The van der Waals surface area contributed by atoms with Crippen LogP contribution in [0.4, 0.5) is 0 Å². The summed E-state index contributed by atoms with van der Waals surface area (Å²) in [5.41, 5.74) is 7.76. The summed E-state index contributed by atoms with van der Waals surface area (Å²) in [6.07, 6.45) is -13.7. The number of carbonyl (C=O) groups is 8. The van der Waals surface area contributed by atoms with E-state index in [9.17, 15) is 79.4 Å². The van der Waals surface area contributed by atoms with Crippen LogP contribution in [0.5, 0.6) is 17.2 Å². The van der Waals surface area contributed by atoms with Gasteiger partial charge in [0.2, 0.25) is 41.4 Å². The van der Waals surface area contributed by atoms with E-state index in [1.165, 1.54) is 36.5 Å². The van der Waals surface area contributed by atoms with Gasteiger partial charge in [0.05, 0.1) is 43.0 Å². The van der Waals surface area contributed by atoms with Gasteiger partial charge in [-0.2, -0.15) is 0 Å². The first kappa shape index (κ1) is 70.1. The Hall–Kier alpha value is -7.41. The normalized spacial score (nSPS) is 24.7. The Kier molecular flexibility index (Phi) is 24.9. The number of ether oxygens (including phenoxy) is 1. The molecule has 90 heavy (non-hydrogen) atoms. The number of benzene rings is 4. The van der Waals surface area contributed by atoms with Crippen molar-refractivity contribution in [1.82, 2.24) is 46.6 Å². The van der Waals surface area contributed by atoms with Crippen LogP contribution >= 0.6 is 23.7 Å². The predicted molar refractivity (Wildman–Crippen MR) is 309 cm³/mol. The summed E-state index contributed by atoms with van der Waals surface area (Å²) < 4.78 is 15.0. The van der Waals surface area contributed by atoms with E-state index in [0.29, 0.717) is 22.2 Å². The standard InChI is InChI=1S/C57H66N10O20S2.Na/c1-27-24-67-47(48(27)75)53(80)59-23-34(69)20-37(60-49(76)31-13-15-33(16-14-31)55-65-64-54(88-55)32-11-8-29(9-12-32)26-84-36-6-4-3-5-7-36)50(77)61-44(28(2)68)56(81)66-25-35(70)21-38(66)51(78)62-45(52(79)63-46(57(67)82)41(73)22-43(58)74)40(72)18-30-10-17-39(71)42(19-30)85-89-87-86-83;/h3-17,19,27-28,34-35,37-38,40-41,44-48,68-73,75,83H,18,20-26H2,1-2H3,(H2,58,74)(H,59,80)(H,60,76)(H,61,77)(H,62,78)(H,63,79);/q;+1/p-1. The van der Waals surface area contributed by atoms with E-state index in [2.05, 4.69) is 46.2 Å². The van der Waals surface area contributed by atoms with Crippen LogP contribution in [0, 0.1) is 5.92 Å². The van der Waals surface area contributed by atoms with Crippen LogP contribution in [0.1, 0.15) is 54.6 Å². The van der Waals surface area contributed by atoms with Crippen molar-refractivity contribution in [2.24, 2.45) is 11.7 Å². The van der Waals surface area contributed by atoms with E-state index >= 15 is 0 Å². The van der Waals surface area contributed by atoms with Crippen LogP contribution in [0.15, 0.2) is 97.1 Å². The average Bonchev–Trinajstić information content (AvgIpc) is 1.99. The number of aromatic nitrogens is 2. The molecule has 3 saturated heterocycles. The number of carbonyl (C=O) groups excluding carboxylic acids is 8. The molecule has 14 N–H and O–H groups in total. The number of aromatic hydroxyl groups is 1. The number of phenolic OH excluding ortho intramolecular Hbond substituents is 1. The summed E-state index contributed by atoms with van der Waals surface area (Å²) in [6, 6.07) is 14.7. The first-order chi connectivity index (χ1) is 42.5. The number of nitrogens with two attached hydrogens (primary N) is 1. The van der Waals surface area contributed by atoms with Crippen molar-refractivity contribution in [2.45, 2.75) is 119 Å². The Morgan fingerprint density at radius 2 is 1.39 bits per heavy atom. The Balaban J connectivity index is 0.0000115. The fourth-order valence-electron chi connectivity index (χ4n) is 10.3. The van der Waals surface area contributed by atoms with Gasteiger partial charge in [0.25, 0.3) is 18.2 Å². The molecule has 33 heteroatoms. The van der Waals surface area contributed by atoms with Gasteiger partial charge in [-0.25, -0.2) is 0 Å². The first-order valence-electron chi connectivity index (χ1n) is 27.8. The van der Waals surface area contributed by atoms with E-state index in [1.54, 1.807) is 12.1 Å². The number of para-hydroxylation sites is 1. The molecule has 8 amide bonds. The van der Waals surface area contributed by atoms with Crippen molar-refractivity contribution in [3.8, 4) is 38.4 Å². The maximum atomic E-state index is 14.7. The Morgan fingerprint density at radius 1 is 0.767 bits per heavy atom. The number of fused-ring (bicyclic) bond motifs is 2. The van der Waals surface area contributed by atoms with E-state index in [4.69, 9.17) is 14.7 Å². The summed E-state index contributed by atoms with van der Waals surface area (Å²) in [5, 5.41) is 114. The molecule has 476 valence electrons. The van der Waals surface area contributed by atoms with Crippen LogP contribution in [-0.4, -0.2) is 196 Å². The molecular weight excluding hydrogens is 1230 g/mol. The van der Waals surface area contributed by atoms with Crippen molar-refractivity contribution in [3.63, 3.8) is 0 Å².